The Hall–Kier alpha value is -1.31. The van der Waals surface area contributed by atoms with E-state index in [0.717, 1.165) is 0 Å². The molecule has 0 aliphatic carbocycles. The molecule has 0 N–H and O–H groups in total. The van der Waals surface area contributed by atoms with E-state index in [1.165, 1.54) is 24.5 Å². The van der Waals surface area contributed by atoms with Crippen molar-refractivity contribution in [3.05, 3.63) is 29.9 Å². The summed E-state index contributed by atoms with van der Waals surface area (Å²) in [7, 11) is -3.81. The molecule has 0 aliphatic rings. The first kappa shape index (κ1) is 11.8. The molecule has 0 radical (unpaired) electrons. The highest BCUT2D eigenvalue weighted by molar-refractivity contribution is 7.90. The summed E-state index contributed by atoms with van der Waals surface area (Å²) >= 11 is 0. The third kappa shape index (κ3) is 2.82. The molecule has 1 aromatic rings. The van der Waals surface area contributed by atoms with Crippen molar-refractivity contribution in [1.82, 2.24) is 4.57 Å². The lowest BCUT2D eigenvalue weighted by Crippen LogP contribution is -2.23. The Labute approximate surface area is 83.7 Å². The van der Waals surface area contributed by atoms with Gasteiger partial charge in [-0.3, -0.25) is 0 Å². The summed E-state index contributed by atoms with van der Waals surface area (Å²) in [6, 6.07) is 2.34. The lowest BCUT2D eigenvalue weighted by Gasteiger charge is -2.01. The lowest BCUT2D eigenvalue weighted by molar-refractivity contribution is -0.0436. The Balaban J connectivity index is 3.25. The number of rotatable bonds is 1. The van der Waals surface area contributed by atoms with Gasteiger partial charge in [-0.1, -0.05) is 0 Å². The smallest absolute Gasteiger partial charge is 0.357 e. The Morgan fingerprint density at radius 3 is 2.13 bits per heavy atom. The van der Waals surface area contributed by atoms with Gasteiger partial charge in [0.05, 0.1) is 5.36 Å². The quantitative estimate of drug-likeness (QED) is 0.728. The number of hydrogen-bond acceptors (Lipinski definition) is 2. The molecular weight excluding hydrogens is 233 g/mol. The van der Waals surface area contributed by atoms with Crippen molar-refractivity contribution in [3.63, 3.8) is 0 Å². The number of aromatic nitrogens is 1. The molecule has 0 atom stereocenters. The molecule has 0 amide bonds. The van der Waals surface area contributed by atoms with E-state index >= 15 is 0 Å². The van der Waals surface area contributed by atoms with Crippen molar-refractivity contribution in [2.24, 2.45) is 11.4 Å². The lowest BCUT2D eigenvalue weighted by atomic mass is 10.5. The van der Waals surface area contributed by atoms with E-state index in [-0.39, 0.29) is 5.36 Å². The zero-order valence-electron chi connectivity index (χ0n) is 7.56. The van der Waals surface area contributed by atoms with Crippen LogP contribution in [0.5, 0.6) is 0 Å². The Kier molecular flexibility index (Phi) is 2.89. The second-order valence-corrected chi connectivity index (χ2v) is 4.33. The van der Waals surface area contributed by atoms with Crippen molar-refractivity contribution in [2.75, 3.05) is 0 Å². The molecule has 1 aromatic heterocycles. The fourth-order valence-corrected chi connectivity index (χ4v) is 1.25. The van der Waals surface area contributed by atoms with E-state index in [1.54, 1.807) is 11.6 Å². The number of hydrogen-bond donors (Lipinski definition) is 0. The molecule has 4 nitrogen and oxygen atoms in total. The number of aryl methyl sites for hydroxylation is 1. The van der Waals surface area contributed by atoms with E-state index in [1.807, 2.05) is 0 Å². The zero-order chi connectivity index (χ0) is 11.7. The summed E-state index contributed by atoms with van der Waals surface area (Å²) in [6.07, 6.45) is 2.79. The average molecular weight is 240 g/mol. The molecule has 0 saturated heterocycles. The van der Waals surface area contributed by atoms with Crippen LogP contribution in [0.15, 0.2) is 28.9 Å². The second-order valence-electron chi connectivity index (χ2n) is 2.73. The van der Waals surface area contributed by atoms with Gasteiger partial charge in [-0.25, -0.2) is 0 Å². The largest absolute Gasteiger partial charge is 0.518 e. The van der Waals surface area contributed by atoms with E-state index in [9.17, 15) is 21.6 Å². The molecule has 0 unspecified atom stereocenters. The van der Waals surface area contributed by atoms with Gasteiger partial charge in [0.25, 0.3) is 0 Å². The van der Waals surface area contributed by atoms with Crippen LogP contribution in [-0.2, 0) is 17.1 Å². The Morgan fingerprint density at radius 2 is 1.73 bits per heavy atom. The van der Waals surface area contributed by atoms with Crippen LogP contribution in [0.1, 0.15) is 0 Å². The van der Waals surface area contributed by atoms with E-state index in [2.05, 4.69) is 4.40 Å². The first-order chi connectivity index (χ1) is 6.72. The molecule has 0 aromatic carbocycles. The molecule has 0 fully saturated rings. The number of pyridine rings is 1. The molecule has 0 spiro atoms. The van der Waals surface area contributed by atoms with Crippen LogP contribution in [0.3, 0.4) is 0 Å². The van der Waals surface area contributed by atoms with Gasteiger partial charge in [0, 0.05) is 19.4 Å². The van der Waals surface area contributed by atoms with E-state index < -0.39 is 15.5 Å². The Morgan fingerprint density at radius 1 is 1.27 bits per heavy atom. The van der Waals surface area contributed by atoms with Crippen LogP contribution in [0, 0.1) is 0 Å². The van der Waals surface area contributed by atoms with Crippen molar-refractivity contribution >= 4 is 10.0 Å². The first-order valence-corrected chi connectivity index (χ1v) is 5.16. The molecule has 0 saturated carbocycles. The minimum Gasteiger partial charge on any atom is -0.357 e. The third-order valence-corrected chi connectivity index (χ3v) is 2.52. The van der Waals surface area contributed by atoms with Crippen molar-refractivity contribution in [1.29, 1.82) is 0 Å². The molecule has 15 heavy (non-hydrogen) atoms. The highest BCUT2D eigenvalue weighted by Crippen LogP contribution is 2.23. The van der Waals surface area contributed by atoms with Gasteiger partial charge < -0.3 is 4.57 Å². The summed E-state index contributed by atoms with van der Waals surface area (Å²) in [4.78, 5) is 0. The van der Waals surface area contributed by atoms with Crippen LogP contribution < -0.4 is 5.36 Å². The van der Waals surface area contributed by atoms with Crippen LogP contribution >= 0.6 is 0 Å². The molecule has 84 valence electrons. The average Bonchev–Trinajstić information content (AvgIpc) is 2.06. The van der Waals surface area contributed by atoms with E-state index in [0.29, 0.717) is 0 Å². The van der Waals surface area contributed by atoms with Crippen LogP contribution in [-0.4, -0.2) is 18.5 Å². The zero-order valence-corrected chi connectivity index (χ0v) is 8.38. The third-order valence-electron chi connectivity index (χ3n) is 1.48. The van der Waals surface area contributed by atoms with Crippen LogP contribution in [0.2, 0.25) is 0 Å². The standard InChI is InChI=1S/C7H7F3N2O2S/c1-12-4-2-6(3-5-12)11-15(13,14)7(8,9)10/h2-5H,1H3. The molecule has 0 bridgehead atoms. The SMILES string of the molecule is Cn1ccc(=NS(=O)(=O)C(F)(F)F)cc1. The topological polar surface area (TPSA) is 51.4 Å². The Bertz CT molecular complexity index is 495. The van der Waals surface area contributed by atoms with Gasteiger partial charge in [0.2, 0.25) is 0 Å². The highest BCUT2D eigenvalue weighted by Gasteiger charge is 2.45. The van der Waals surface area contributed by atoms with Gasteiger partial charge in [-0.05, 0) is 12.1 Å². The number of nitrogens with zero attached hydrogens (tertiary/aromatic N) is 2. The predicted molar refractivity (Wildman–Crippen MR) is 46.0 cm³/mol. The van der Waals surface area contributed by atoms with Gasteiger partial charge >= 0.3 is 15.5 Å². The van der Waals surface area contributed by atoms with E-state index in [4.69, 9.17) is 0 Å². The van der Waals surface area contributed by atoms with Crippen molar-refractivity contribution in [3.8, 4) is 0 Å². The van der Waals surface area contributed by atoms with Gasteiger partial charge in [0.1, 0.15) is 0 Å². The second kappa shape index (κ2) is 3.69. The highest BCUT2D eigenvalue weighted by atomic mass is 32.2. The minimum absolute atomic E-state index is 0.259. The van der Waals surface area contributed by atoms with Crippen LogP contribution in [0.4, 0.5) is 13.2 Å². The van der Waals surface area contributed by atoms with Crippen molar-refractivity contribution in [2.45, 2.75) is 5.51 Å². The maximum absolute atomic E-state index is 11.9. The normalized spacial score (nSPS) is 12.5. The monoisotopic (exact) mass is 240 g/mol. The summed E-state index contributed by atoms with van der Waals surface area (Å²) in [6.45, 7) is 0. The van der Waals surface area contributed by atoms with Crippen LogP contribution in [0.25, 0.3) is 0 Å². The summed E-state index contributed by atoms with van der Waals surface area (Å²) in [5.41, 5.74) is -5.36. The molecular formula is C7H7F3N2O2S. The molecule has 0 aliphatic heterocycles. The van der Waals surface area contributed by atoms with Gasteiger partial charge in [0.15, 0.2) is 0 Å². The van der Waals surface area contributed by atoms with Crippen molar-refractivity contribution < 1.29 is 21.6 Å². The van der Waals surface area contributed by atoms with Gasteiger partial charge in [-0.15, -0.1) is 0 Å². The summed E-state index contributed by atoms with van der Waals surface area (Å²) in [5.74, 6) is 0. The molecule has 8 heteroatoms. The fraction of sp³-hybridized carbons (Fsp3) is 0.286. The first-order valence-electron chi connectivity index (χ1n) is 3.72. The summed E-state index contributed by atoms with van der Waals surface area (Å²) in [5, 5.41) is -0.259. The fourth-order valence-electron chi connectivity index (χ4n) is 0.745. The number of alkyl halides is 3. The maximum atomic E-state index is 11.9. The minimum atomic E-state index is -5.45. The maximum Gasteiger partial charge on any atom is 0.518 e. The van der Waals surface area contributed by atoms with Gasteiger partial charge in [-0.2, -0.15) is 26.0 Å². The number of sulfonamides is 1. The molecule has 1 rings (SSSR count). The summed E-state index contributed by atoms with van der Waals surface area (Å²) < 4.78 is 61.1. The number of halogens is 3. The molecule has 1 heterocycles. The predicted octanol–water partition coefficient (Wildman–Crippen LogP) is 0.775.